The van der Waals surface area contributed by atoms with Crippen molar-refractivity contribution in [2.75, 3.05) is 0 Å². The molecule has 24 heavy (non-hydrogen) atoms. The zero-order valence-electron chi connectivity index (χ0n) is 13.1. The zero-order valence-corrected chi connectivity index (χ0v) is 13.1. The summed E-state index contributed by atoms with van der Waals surface area (Å²) in [6, 6.07) is 16.6. The van der Waals surface area contributed by atoms with Crippen LogP contribution < -0.4 is 5.32 Å². The van der Waals surface area contributed by atoms with Crippen LogP contribution in [0.2, 0.25) is 0 Å². The molecule has 3 rings (SSSR count). The second kappa shape index (κ2) is 7.17. The molecular formula is C19H19NO4. The van der Waals surface area contributed by atoms with Crippen molar-refractivity contribution in [2.45, 2.75) is 31.4 Å². The van der Waals surface area contributed by atoms with E-state index in [-0.39, 0.29) is 18.2 Å². The Labute approximate surface area is 140 Å². The average molecular weight is 325 g/mol. The molecule has 0 aliphatic heterocycles. The van der Waals surface area contributed by atoms with Crippen LogP contribution in [0.25, 0.3) is 0 Å². The quantitative estimate of drug-likeness (QED) is 0.881. The largest absolute Gasteiger partial charge is 0.478 e. The van der Waals surface area contributed by atoms with Gasteiger partial charge in [-0.1, -0.05) is 42.5 Å². The molecule has 0 spiro atoms. The van der Waals surface area contributed by atoms with E-state index >= 15 is 0 Å². The maximum absolute atomic E-state index is 11.8. The van der Waals surface area contributed by atoms with Crippen LogP contribution in [0.3, 0.4) is 0 Å². The fraction of sp³-hybridized carbons (Fsp3) is 0.263. The lowest BCUT2D eigenvalue weighted by atomic mass is 9.76. The van der Waals surface area contributed by atoms with Gasteiger partial charge in [0, 0.05) is 6.04 Å². The molecule has 124 valence electrons. The predicted molar refractivity (Wildman–Crippen MR) is 88.9 cm³/mol. The van der Waals surface area contributed by atoms with Crippen molar-refractivity contribution in [3.8, 4) is 0 Å². The first-order valence-corrected chi connectivity index (χ1v) is 7.92. The summed E-state index contributed by atoms with van der Waals surface area (Å²) in [5.41, 5.74) is 2.35. The normalized spacial score (nSPS) is 19.2. The van der Waals surface area contributed by atoms with E-state index in [1.165, 1.54) is 0 Å². The second-order valence-corrected chi connectivity index (χ2v) is 6.00. The minimum absolute atomic E-state index is 0.109. The molecular weight excluding hydrogens is 306 g/mol. The number of amides is 1. The van der Waals surface area contributed by atoms with Crippen molar-refractivity contribution >= 4 is 12.1 Å². The molecule has 0 bridgehead atoms. The van der Waals surface area contributed by atoms with Gasteiger partial charge in [0.1, 0.15) is 6.61 Å². The monoisotopic (exact) mass is 325 g/mol. The molecule has 1 aliphatic rings. The summed E-state index contributed by atoms with van der Waals surface area (Å²) < 4.78 is 5.20. The molecule has 2 aromatic rings. The third kappa shape index (κ3) is 3.93. The number of ether oxygens (including phenoxy) is 1. The number of rotatable bonds is 5. The van der Waals surface area contributed by atoms with Gasteiger partial charge in [-0.3, -0.25) is 0 Å². The van der Waals surface area contributed by atoms with Gasteiger partial charge in [-0.05, 0) is 42.0 Å². The number of carboxylic acids is 1. The third-order valence-electron chi connectivity index (χ3n) is 4.30. The molecule has 1 aliphatic carbocycles. The van der Waals surface area contributed by atoms with Crippen LogP contribution in [0.1, 0.15) is 40.2 Å². The molecule has 0 unspecified atom stereocenters. The van der Waals surface area contributed by atoms with E-state index in [1.54, 1.807) is 12.1 Å². The molecule has 0 saturated heterocycles. The van der Waals surface area contributed by atoms with Crippen LogP contribution in [0.15, 0.2) is 54.6 Å². The van der Waals surface area contributed by atoms with E-state index < -0.39 is 12.1 Å². The molecule has 1 amide bonds. The number of benzene rings is 2. The van der Waals surface area contributed by atoms with Gasteiger partial charge in [0.05, 0.1) is 5.56 Å². The Morgan fingerprint density at radius 1 is 1.04 bits per heavy atom. The van der Waals surface area contributed by atoms with Crippen molar-refractivity contribution in [3.05, 3.63) is 71.3 Å². The summed E-state index contributed by atoms with van der Waals surface area (Å²) in [5.74, 6) is -0.567. The average Bonchev–Trinajstić information content (AvgIpc) is 2.57. The highest BCUT2D eigenvalue weighted by Crippen LogP contribution is 2.36. The molecule has 0 atom stereocenters. The lowest BCUT2D eigenvalue weighted by Gasteiger charge is -2.35. The van der Waals surface area contributed by atoms with Gasteiger partial charge in [0.2, 0.25) is 0 Å². The zero-order chi connectivity index (χ0) is 16.9. The van der Waals surface area contributed by atoms with Gasteiger partial charge in [-0.15, -0.1) is 0 Å². The fourth-order valence-electron chi connectivity index (χ4n) is 2.84. The summed E-state index contributed by atoms with van der Waals surface area (Å²) in [5, 5.41) is 11.8. The first-order valence-electron chi connectivity index (χ1n) is 7.92. The molecule has 2 aromatic carbocycles. The number of nitrogens with one attached hydrogen (secondary N) is 1. The standard InChI is InChI=1S/C19H19NO4/c21-18(22)15-8-6-14(7-9-15)16-10-17(11-16)20-19(23)24-12-13-4-2-1-3-5-13/h1-9,16-17H,10-12H2,(H,20,23)(H,21,22). The number of hydrogen-bond acceptors (Lipinski definition) is 3. The highest BCUT2D eigenvalue weighted by Gasteiger charge is 2.31. The van der Waals surface area contributed by atoms with Crippen molar-refractivity contribution in [3.63, 3.8) is 0 Å². The highest BCUT2D eigenvalue weighted by atomic mass is 16.5. The Bertz CT molecular complexity index is 706. The summed E-state index contributed by atoms with van der Waals surface area (Å²) >= 11 is 0. The lowest BCUT2D eigenvalue weighted by molar-refractivity contribution is 0.0696. The highest BCUT2D eigenvalue weighted by molar-refractivity contribution is 5.87. The maximum atomic E-state index is 11.8. The number of aromatic carboxylic acids is 1. The Morgan fingerprint density at radius 2 is 1.71 bits per heavy atom. The van der Waals surface area contributed by atoms with E-state index in [1.807, 2.05) is 42.5 Å². The Kier molecular flexibility index (Phi) is 4.79. The van der Waals surface area contributed by atoms with Crippen LogP contribution in [0, 0.1) is 0 Å². The Morgan fingerprint density at radius 3 is 2.33 bits per heavy atom. The molecule has 1 saturated carbocycles. The number of carbonyl (C=O) groups excluding carboxylic acids is 1. The van der Waals surface area contributed by atoms with Crippen LogP contribution in [-0.4, -0.2) is 23.2 Å². The number of alkyl carbamates (subject to hydrolysis) is 1. The summed E-state index contributed by atoms with van der Waals surface area (Å²) in [6.45, 7) is 0.263. The minimum Gasteiger partial charge on any atom is -0.478 e. The predicted octanol–water partition coefficient (Wildman–Crippen LogP) is 3.56. The van der Waals surface area contributed by atoms with Crippen molar-refractivity contribution in [1.29, 1.82) is 0 Å². The number of carboxylic acid groups (broad SMARTS) is 1. The molecule has 5 nitrogen and oxygen atoms in total. The molecule has 0 aromatic heterocycles. The van der Waals surface area contributed by atoms with Gasteiger partial charge in [0.25, 0.3) is 0 Å². The van der Waals surface area contributed by atoms with Gasteiger partial charge in [-0.2, -0.15) is 0 Å². The van der Waals surface area contributed by atoms with Crippen molar-refractivity contribution in [2.24, 2.45) is 0 Å². The van der Waals surface area contributed by atoms with Crippen LogP contribution in [0.4, 0.5) is 4.79 Å². The van der Waals surface area contributed by atoms with Crippen LogP contribution in [-0.2, 0) is 11.3 Å². The molecule has 1 fully saturated rings. The topological polar surface area (TPSA) is 75.6 Å². The summed E-state index contributed by atoms with van der Waals surface area (Å²) in [6.07, 6.45) is 1.28. The Balaban J connectivity index is 1.41. The summed E-state index contributed by atoms with van der Waals surface area (Å²) in [4.78, 5) is 22.6. The van der Waals surface area contributed by atoms with E-state index in [0.29, 0.717) is 5.92 Å². The SMILES string of the molecule is O=C(NC1CC(c2ccc(C(=O)O)cc2)C1)OCc1ccccc1. The van der Waals surface area contributed by atoms with E-state index in [9.17, 15) is 9.59 Å². The second-order valence-electron chi connectivity index (χ2n) is 6.00. The van der Waals surface area contributed by atoms with Gasteiger partial charge in [-0.25, -0.2) is 9.59 Å². The van der Waals surface area contributed by atoms with Crippen molar-refractivity contribution in [1.82, 2.24) is 5.32 Å². The van der Waals surface area contributed by atoms with Crippen molar-refractivity contribution < 1.29 is 19.4 Å². The van der Waals surface area contributed by atoms with Crippen LogP contribution >= 0.6 is 0 Å². The number of carbonyl (C=O) groups is 2. The molecule has 2 N–H and O–H groups in total. The van der Waals surface area contributed by atoms with E-state index in [2.05, 4.69) is 5.32 Å². The minimum atomic E-state index is -0.920. The first kappa shape index (κ1) is 16.1. The number of hydrogen-bond donors (Lipinski definition) is 2. The molecule has 0 heterocycles. The lowest BCUT2D eigenvalue weighted by Crippen LogP contribution is -2.43. The first-order chi connectivity index (χ1) is 11.6. The van der Waals surface area contributed by atoms with E-state index in [4.69, 9.17) is 9.84 Å². The van der Waals surface area contributed by atoms with E-state index in [0.717, 1.165) is 24.0 Å². The fourth-order valence-corrected chi connectivity index (χ4v) is 2.84. The van der Waals surface area contributed by atoms with Crippen LogP contribution in [0.5, 0.6) is 0 Å². The third-order valence-corrected chi connectivity index (χ3v) is 4.30. The smallest absolute Gasteiger partial charge is 0.407 e. The molecule has 5 heteroatoms. The maximum Gasteiger partial charge on any atom is 0.407 e. The summed E-state index contributed by atoms with van der Waals surface area (Å²) in [7, 11) is 0. The van der Waals surface area contributed by atoms with Gasteiger partial charge >= 0.3 is 12.1 Å². The van der Waals surface area contributed by atoms with Gasteiger partial charge in [0.15, 0.2) is 0 Å². The Hall–Kier alpha value is -2.82. The van der Waals surface area contributed by atoms with Gasteiger partial charge < -0.3 is 15.2 Å². The molecule has 0 radical (unpaired) electrons.